The number of para-hydroxylation sites is 2. The molecule has 7 heteroatoms. The number of hydrogen-bond donors (Lipinski definition) is 0. The lowest BCUT2D eigenvalue weighted by Crippen LogP contribution is -2.42. The number of hydrogen-bond acceptors (Lipinski definition) is 6. The second kappa shape index (κ2) is 7.28. The average Bonchev–Trinajstić information content (AvgIpc) is 3.06. The van der Waals surface area contributed by atoms with Crippen molar-refractivity contribution in [2.24, 2.45) is 4.99 Å². The smallest absolute Gasteiger partial charge is 0.232 e. The minimum atomic E-state index is -0.132. The summed E-state index contributed by atoms with van der Waals surface area (Å²) in [6, 6.07) is 7.60. The molecule has 0 saturated heterocycles. The van der Waals surface area contributed by atoms with Gasteiger partial charge in [-0.1, -0.05) is 35.7 Å². The summed E-state index contributed by atoms with van der Waals surface area (Å²) in [7, 11) is 1.80. The Labute approximate surface area is 138 Å². The number of carbonyl (C=O) groups excluding carboxylic acids is 1. The number of benzene rings is 1. The molecule has 2 aliphatic heterocycles. The fraction of sp³-hybridized carbons (Fsp3) is 0.467. The van der Waals surface area contributed by atoms with Crippen molar-refractivity contribution in [2.45, 2.75) is 6.10 Å². The van der Waals surface area contributed by atoms with Gasteiger partial charge in [-0.3, -0.25) is 9.79 Å². The van der Waals surface area contributed by atoms with Crippen molar-refractivity contribution in [2.75, 3.05) is 38.2 Å². The zero-order valence-electron chi connectivity index (χ0n) is 12.4. The van der Waals surface area contributed by atoms with E-state index in [1.54, 1.807) is 23.7 Å². The minimum absolute atomic E-state index is 0.0858. The van der Waals surface area contributed by atoms with E-state index < -0.39 is 0 Å². The Morgan fingerprint density at radius 2 is 2.27 bits per heavy atom. The molecule has 22 heavy (non-hydrogen) atoms. The van der Waals surface area contributed by atoms with Crippen molar-refractivity contribution in [3.05, 3.63) is 24.3 Å². The summed E-state index contributed by atoms with van der Waals surface area (Å²) in [6.45, 7) is 1.85. The summed E-state index contributed by atoms with van der Waals surface area (Å²) in [4.78, 5) is 18.2. The van der Waals surface area contributed by atoms with Crippen LogP contribution in [0, 0.1) is 0 Å². The van der Waals surface area contributed by atoms with E-state index in [-0.39, 0.29) is 12.0 Å². The first kappa shape index (κ1) is 15.6. The predicted molar refractivity (Wildman–Crippen MR) is 91.2 cm³/mol. The third-order valence-corrected chi connectivity index (χ3v) is 5.58. The Morgan fingerprint density at radius 3 is 3.05 bits per heavy atom. The average molecular weight is 338 g/mol. The Kier molecular flexibility index (Phi) is 5.15. The highest BCUT2D eigenvalue weighted by molar-refractivity contribution is 8.39. The molecule has 2 heterocycles. The molecule has 1 aromatic carbocycles. The van der Waals surface area contributed by atoms with Crippen LogP contribution in [-0.4, -0.2) is 59.5 Å². The van der Waals surface area contributed by atoms with Crippen LogP contribution in [0.4, 0.5) is 0 Å². The summed E-state index contributed by atoms with van der Waals surface area (Å²) in [5.74, 6) is 3.04. The molecule has 1 aromatic rings. The SMILES string of the molecule is CN(C[C@H]1COc2ccccc2O1)C(=O)CSC1=NCCS1. The molecule has 0 N–H and O–H groups in total. The molecule has 1 amide bonds. The summed E-state index contributed by atoms with van der Waals surface area (Å²) in [6.07, 6.45) is -0.132. The van der Waals surface area contributed by atoms with Crippen molar-refractivity contribution < 1.29 is 14.3 Å². The molecule has 0 radical (unpaired) electrons. The lowest BCUT2D eigenvalue weighted by atomic mass is 10.2. The van der Waals surface area contributed by atoms with Gasteiger partial charge in [0.1, 0.15) is 11.0 Å². The van der Waals surface area contributed by atoms with Crippen LogP contribution in [-0.2, 0) is 4.79 Å². The zero-order valence-corrected chi connectivity index (χ0v) is 14.0. The van der Waals surface area contributed by atoms with Crippen LogP contribution in [0.1, 0.15) is 0 Å². The van der Waals surface area contributed by atoms with Crippen molar-refractivity contribution in [3.8, 4) is 11.5 Å². The fourth-order valence-corrected chi connectivity index (χ4v) is 4.15. The quantitative estimate of drug-likeness (QED) is 0.842. The number of carbonyl (C=O) groups is 1. The normalized spacial score (nSPS) is 19.7. The van der Waals surface area contributed by atoms with E-state index in [0.29, 0.717) is 18.9 Å². The lowest BCUT2D eigenvalue weighted by Gasteiger charge is -2.29. The molecule has 3 rings (SSSR count). The van der Waals surface area contributed by atoms with Gasteiger partial charge in [0.25, 0.3) is 0 Å². The highest BCUT2D eigenvalue weighted by atomic mass is 32.2. The maximum atomic E-state index is 12.2. The molecule has 0 saturated carbocycles. The topological polar surface area (TPSA) is 51.1 Å². The van der Waals surface area contributed by atoms with Gasteiger partial charge in [-0.25, -0.2) is 0 Å². The van der Waals surface area contributed by atoms with E-state index >= 15 is 0 Å². The van der Waals surface area contributed by atoms with E-state index in [4.69, 9.17) is 9.47 Å². The molecule has 0 bridgehead atoms. The molecule has 118 valence electrons. The number of aliphatic imine (C=N–C) groups is 1. The van der Waals surface area contributed by atoms with Gasteiger partial charge in [0, 0.05) is 12.8 Å². The van der Waals surface area contributed by atoms with Gasteiger partial charge >= 0.3 is 0 Å². The Hall–Kier alpha value is -1.34. The molecule has 2 aliphatic rings. The van der Waals surface area contributed by atoms with E-state index in [1.165, 1.54) is 11.8 Å². The first-order chi connectivity index (χ1) is 10.7. The van der Waals surface area contributed by atoms with Crippen molar-refractivity contribution in [1.82, 2.24) is 4.90 Å². The predicted octanol–water partition coefficient (Wildman–Crippen LogP) is 2.12. The van der Waals surface area contributed by atoms with Crippen LogP contribution < -0.4 is 9.47 Å². The first-order valence-corrected chi connectivity index (χ1v) is 9.12. The summed E-state index contributed by atoms with van der Waals surface area (Å²) < 4.78 is 12.6. The number of fused-ring (bicyclic) bond motifs is 1. The lowest BCUT2D eigenvalue weighted by molar-refractivity contribution is -0.128. The molecule has 5 nitrogen and oxygen atoms in total. The largest absolute Gasteiger partial charge is 0.486 e. The minimum Gasteiger partial charge on any atom is -0.486 e. The molecule has 0 aliphatic carbocycles. The number of thioether (sulfide) groups is 2. The van der Waals surface area contributed by atoms with Crippen molar-refractivity contribution in [3.63, 3.8) is 0 Å². The van der Waals surface area contributed by atoms with E-state index in [2.05, 4.69) is 4.99 Å². The second-order valence-corrected chi connectivity index (χ2v) is 7.36. The highest BCUT2D eigenvalue weighted by Crippen LogP contribution is 2.31. The Balaban J connectivity index is 1.47. The van der Waals surface area contributed by atoms with E-state index in [0.717, 1.165) is 28.2 Å². The van der Waals surface area contributed by atoms with Gasteiger partial charge in [0.15, 0.2) is 17.6 Å². The molecular weight excluding hydrogens is 320 g/mol. The first-order valence-electron chi connectivity index (χ1n) is 7.15. The maximum Gasteiger partial charge on any atom is 0.232 e. The van der Waals surface area contributed by atoms with Crippen LogP contribution in [0.25, 0.3) is 0 Å². The summed E-state index contributed by atoms with van der Waals surface area (Å²) >= 11 is 3.24. The Bertz CT molecular complexity index is 580. The molecule has 0 spiro atoms. The second-order valence-electron chi connectivity index (χ2n) is 5.06. The third-order valence-electron chi connectivity index (χ3n) is 3.35. The molecule has 0 aromatic heterocycles. The number of rotatable bonds is 4. The monoisotopic (exact) mass is 338 g/mol. The number of amides is 1. The maximum absolute atomic E-state index is 12.2. The van der Waals surface area contributed by atoms with Crippen LogP contribution in [0.15, 0.2) is 29.3 Å². The summed E-state index contributed by atoms with van der Waals surface area (Å²) in [5, 5.41) is 0. The number of likely N-dealkylation sites (N-methyl/N-ethyl adjacent to an activating group) is 1. The van der Waals surface area contributed by atoms with Crippen molar-refractivity contribution in [1.29, 1.82) is 0 Å². The van der Waals surface area contributed by atoms with Gasteiger partial charge in [0.05, 0.1) is 18.8 Å². The van der Waals surface area contributed by atoms with E-state index in [1.807, 2.05) is 24.3 Å². The van der Waals surface area contributed by atoms with E-state index in [9.17, 15) is 4.79 Å². The molecule has 0 fully saturated rings. The van der Waals surface area contributed by atoms with Crippen LogP contribution >= 0.6 is 23.5 Å². The number of ether oxygens (including phenoxy) is 2. The Morgan fingerprint density at radius 1 is 1.45 bits per heavy atom. The van der Waals surface area contributed by atoms with Crippen LogP contribution in [0.5, 0.6) is 11.5 Å². The van der Waals surface area contributed by atoms with Gasteiger partial charge in [-0.15, -0.1) is 0 Å². The fourth-order valence-electron chi connectivity index (χ4n) is 2.20. The van der Waals surface area contributed by atoms with Gasteiger partial charge in [0.2, 0.25) is 5.91 Å². The highest BCUT2D eigenvalue weighted by Gasteiger charge is 2.24. The molecular formula is C15H18N2O3S2. The van der Waals surface area contributed by atoms with Gasteiger partial charge < -0.3 is 14.4 Å². The van der Waals surface area contributed by atoms with Gasteiger partial charge in [-0.05, 0) is 12.1 Å². The molecule has 0 unspecified atom stereocenters. The third kappa shape index (κ3) is 3.89. The molecule has 1 atom stereocenters. The van der Waals surface area contributed by atoms with Gasteiger partial charge in [-0.2, -0.15) is 0 Å². The van der Waals surface area contributed by atoms with Crippen LogP contribution in [0.2, 0.25) is 0 Å². The summed E-state index contributed by atoms with van der Waals surface area (Å²) in [5.41, 5.74) is 0. The van der Waals surface area contributed by atoms with Crippen molar-refractivity contribution >= 4 is 33.8 Å². The van der Waals surface area contributed by atoms with Crippen LogP contribution in [0.3, 0.4) is 0 Å². The number of nitrogens with zero attached hydrogens (tertiary/aromatic N) is 2. The standard InChI is InChI=1S/C15H18N2O3S2/c1-17(14(18)10-22-15-16-6-7-21-15)8-11-9-19-12-4-2-3-5-13(12)20-11/h2-5,11H,6-10H2,1H3/t11-/m0/s1. The zero-order chi connectivity index (χ0) is 15.4.